The molecule has 25 heavy (non-hydrogen) atoms. The minimum absolute atomic E-state index is 0.142. The molecule has 0 spiro atoms. The quantitative estimate of drug-likeness (QED) is 0.602. The fourth-order valence-electron chi connectivity index (χ4n) is 1.98. The van der Waals surface area contributed by atoms with Crippen LogP contribution in [-0.4, -0.2) is 29.0 Å². The highest BCUT2D eigenvalue weighted by atomic mass is 79.9. The van der Waals surface area contributed by atoms with Crippen molar-refractivity contribution < 1.29 is 13.9 Å². The summed E-state index contributed by atoms with van der Waals surface area (Å²) in [4.78, 5) is 12.0. The molecule has 0 aliphatic rings. The Morgan fingerprint density at radius 2 is 1.88 bits per heavy atom. The Morgan fingerprint density at radius 1 is 1.16 bits per heavy atom. The molecule has 1 amide bonds. The van der Waals surface area contributed by atoms with E-state index in [2.05, 4.69) is 31.4 Å². The van der Waals surface area contributed by atoms with E-state index in [0.29, 0.717) is 11.1 Å². The van der Waals surface area contributed by atoms with Gasteiger partial charge in [0.25, 0.3) is 5.22 Å². The van der Waals surface area contributed by atoms with Gasteiger partial charge in [-0.25, -0.2) is 0 Å². The maximum absolute atomic E-state index is 12.0. The average Bonchev–Trinajstić information content (AvgIpc) is 3.11. The summed E-state index contributed by atoms with van der Waals surface area (Å²) in [6, 6.07) is 14.7. The van der Waals surface area contributed by atoms with E-state index in [1.807, 2.05) is 48.5 Å². The van der Waals surface area contributed by atoms with Gasteiger partial charge in [-0.15, -0.1) is 10.2 Å². The van der Waals surface area contributed by atoms with Crippen LogP contribution in [-0.2, 0) is 4.79 Å². The van der Waals surface area contributed by atoms with E-state index in [1.165, 1.54) is 11.8 Å². The number of anilines is 1. The van der Waals surface area contributed by atoms with Crippen LogP contribution < -0.4 is 10.1 Å². The second kappa shape index (κ2) is 8.17. The largest absolute Gasteiger partial charge is 0.497 e. The summed E-state index contributed by atoms with van der Waals surface area (Å²) in [5, 5.41) is 11.1. The Labute approximate surface area is 157 Å². The number of rotatable bonds is 6. The van der Waals surface area contributed by atoms with Crippen molar-refractivity contribution >= 4 is 39.3 Å². The van der Waals surface area contributed by atoms with Crippen LogP contribution in [0.2, 0.25) is 0 Å². The molecule has 0 unspecified atom stereocenters. The topological polar surface area (TPSA) is 77.2 Å². The summed E-state index contributed by atoms with van der Waals surface area (Å²) in [6.45, 7) is 0. The molecule has 128 valence electrons. The van der Waals surface area contributed by atoms with E-state index in [4.69, 9.17) is 9.15 Å². The van der Waals surface area contributed by atoms with E-state index < -0.39 is 0 Å². The SMILES string of the molecule is COc1ccc(-c2nnc(SCC(=O)Nc3ccc(Br)cc3)o2)cc1. The second-order valence-electron chi connectivity index (χ2n) is 4.95. The summed E-state index contributed by atoms with van der Waals surface area (Å²) < 4.78 is 11.6. The van der Waals surface area contributed by atoms with Crippen LogP contribution in [0.25, 0.3) is 11.5 Å². The molecule has 1 N–H and O–H groups in total. The number of halogens is 1. The maximum atomic E-state index is 12.0. The van der Waals surface area contributed by atoms with Crippen LogP contribution in [0.15, 0.2) is 62.6 Å². The summed E-state index contributed by atoms with van der Waals surface area (Å²) >= 11 is 4.54. The molecule has 0 saturated heterocycles. The van der Waals surface area contributed by atoms with Gasteiger partial charge in [-0.2, -0.15) is 0 Å². The smallest absolute Gasteiger partial charge is 0.277 e. The summed E-state index contributed by atoms with van der Waals surface area (Å²) in [5.41, 5.74) is 1.53. The molecule has 0 aliphatic carbocycles. The number of ether oxygens (including phenoxy) is 1. The van der Waals surface area contributed by atoms with Gasteiger partial charge in [0.2, 0.25) is 11.8 Å². The zero-order valence-electron chi connectivity index (χ0n) is 13.2. The number of nitrogens with one attached hydrogen (secondary N) is 1. The van der Waals surface area contributed by atoms with E-state index in [0.717, 1.165) is 21.5 Å². The first-order valence-electron chi connectivity index (χ1n) is 7.30. The fraction of sp³-hybridized carbons (Fsp3) is 0.118. The van der Waals surface area contributed by atoms with Gasteiger partial charge >= 0.3 is 0 Å². The molecule has 0 fully saturated rings. The van der Waals surface area contributed by atoms with Crippen LogP contribution in [0.1, 0.15) is 0 Å². The number of hydrogen-bond acceptors (Lipinski definition) is 6. The Kier molecular flexibility index (Phi) is 5.72. The van der Waals surface area contributed by atoms with Gasteiger partial charge in [-0.3, -0.25) is 4.79 Å². The standard InChI is InChI=1S/C17H14BrN3O3S/c1-23-14-8-2-11(3-9-14)16-20-21-17(24-16)25-10-15(22)19-13-6-4-12(18)5-7-13/h2-9H,10H2,1H3,(H,19,22). The molecule has 6 nitrogen and oxygen atoms in total. The predicted molar refractivity (Wildman–Crippen MR) is 99.8 cm³/mol. The molecular weight excluding hydrogens is 406 g/mol. The first kappa shape index (κ1) is 17.5. The lowest BCUT2D eigenvalue weighted by Crippen LogP contribution is -2.13. The summed E-state index contributed by atoms with van der Waals surface area (Å²) in [5.74, 6) is 1.19. The number of thioether (sulfide) groups is 1. The van der Waals surface area contributed by atoms with Crippen LogP contribution in [0.3, 0.4) is 0 Å². The van der Waals surface area contributed by atoms with E-state index in [1.54, 1.807) is 7.11 Å². The molecule has 0 saturated carbocycles. The van der Waals surface area contributed by atoms with E-state index in [-0.39, 0.29) is 11.7 Å². The lowest BCUT2D eigenvalue weighted by atomic mass is 10.2. The summed E-state index contributed by atoms with van der Waals surface area (Å²) in [6.07, 6.45) is 0. The molecule has 1 heterocycles. The number of amides is 1. The van der Waals surface area contributed by atoms with Crippen LogP contribution >= 0.6 is 27.7 Å². The molecule has 0 aliphatic heterocycles. The van der Waals surface area contributed by atoms with Gasteiger partial charge in [0, 0.05) is 15.7 Å². The molecule has 2 aromatic carbocycles. The second-order valence-corrected chi connectivity index (χ2v) is 6.79. The summed E-state index contributed by atoms with van der Waals surface area (Å²) in [7, 11) is 1.61. The molecule has 0 radical (unpaired) electrons. The lowest BCUT2D eigenvalue weighted by molar-refractivity contribution is -0.113. The third-order valence-electron chi connectivity index (χ3n) is 3.20. The normalized spacial score (nSPS) is 10.5. The minimum atomic E-state index is -0.142. The highest BCUT2D eigenvalue weighted by Gasteiger charge is 2.11. The minimum Gasteiger partial charge on any atom is -0.497 e. The number of aromatic nitrogens is 2. The maximum Gasteiger partial charge on any atom is 0.277 e. The first-order valence-corrected chi connectivity index (χ1v) is 9.08. The van der Waals surface area contributed by atoms with Crippen molar-refractivity contribution in [2.45, 2.75) is 5.22 Å². The Hall–Kier alpha value is -2.32. The number of methoxy groups -OCH3 is 1. The molecule has 1 aromatic heterocycles. The van der Waals surface area contributed by atoms with Crippen molar-refractivity contribution in [3.63, 3.8) is 0 Å². The number of benzene rings is 2. The van der Waals surface area contributed by atoms with Gasteiger partial charge in [-0.05, 0) is 48.5 Å². The average molecular weight is 420 g/mol. The van der Waals surface area contributed by atoms with Crippen molar-refractivity contribution in [2.75, 3.05) is 18.2 Å². The zero-order valence-corrected chi connectivity index (χ0v) is 15.6. The third-order valence-corrected chi connectivity index (χ3v) is 4.55. The molecular formula is C17H14BrN3O3S. The molecule has 3 rings (SSSR count). The monoisotopic (exact) mass is 419 g/mol. The molecule has 0 bridgehead atoms. The van der Waals surface area contributed by atoms with Crippen molar-refractivity contribution in [1.82, 2.24) is 10.2 Å². The Bertz CT molecular complexity index is 850. The van der Waals surface area contributed by atoms with E-state index >= 15 is 0 Å². The predicted octanol–water partition coefficient (Wildman–Crippen LogP) is 4.24. The van der Waals surface area contributed by atoms with Gasteiger partial charge in [0.1, 0.15) is 5.75 Å². The van der Waals surface area contributed by atoms with Crippen LogP contribution in [0.5, 0.6) is 5.75 Å². The van der Waals surface area contributed by atoms with Crippen LogP contribution in [0, 0.1) is 0 Å². The van der Waals surface area contributed by atoms with Crippen molar-refractivity contribution in [2.24, 2.45) is 0 Å². The van der Waals surface area contributed by atoms with Crippen LogP contribution in [0.4, 0.5) is 5.69 Å². The highest BCUT2D eigenvalue weighted by molar-refractivity contribution is 9.10. The highest BCUT2D eigenvalue weighted by Crippen LogP contribution is 2.25. The number of carbonyl (C=O) groups excluding carboxylic acids is 1. The van der Waals surface area contributed by atoms with E-state index in [9.17, 15) is 4.79 Å². The van der Waals surface area contributed by atoms with Crippen molar-refractivity contribution in [1.29, 1.82) is 0 Å². The van der Waals surface area contributed by atoms with Crippen molar-refractivity contribution in [3.05, 3.63) is 53.0 Å². The van der Waals surface area contributed by atoms with Crippen molar-refractivity contribution in [3.8, 4) is 17.2 Å². The third kappa shape index (κ3) is 4.83. The Morgan fingerprint density at radius 3 is 2.56 bits per heavy atom. The number of hydrogen-bond donors (Lipinski definition) is 1. The molecule has 0 atom stereocenters. The van der Waals surface area contributed by atoms with Gasteiger partial charge in [-0.1, -0.05) is 27.7 Å². The van der Waals surface area contributed by atoms with Gasteiger partial charge < -0.3 is 14.5 Å². The number of carbonyl (C=O) groups is 1. The molecule has 3 aromatic rings. The number of nitrogens with zero attached hydrogens (tertiary/aromatic N) is 2. The fourth-order valence-corrected chi connectivity index (χ4v) is 2.80. The lowest BCUT2D eigenvalue weighted by Gasteiger charge is -2.03. The molecule has 8 heteroatoms. The first-order chi connectivity index (χ1) is 12.1. The van der Waals surface area contributed by atoms with Gasteiger partial charge in [0.05, 0.1) is 12.9 Å². The Balaban J connectivity index is 1.55. The zero-order chi connectivity index (χ0) is 17.6. The van der Waals surface area contributed by atoms with Gasteiger partial charge in [0.15, 0.2) is 0 Å².